The molecule has 3 aromatic rings. The van der Waals surface area contributed by atoms with E-state index in [-0.39, 0.29) is 5.69 Å². The maximum absolute atomic E-state index is 12.3. The zero-order valence-electron chi connectivity index (χ0n) is 16.1. The second-order valence-corrected chi connectivity index (χ2v) is 6.32. The van der Waals surface area contributed by atoms with E-state index in [1.807, 2.05) is 54.6 Å². The van der Waals surface area contributed by atoms with Gasteiger partial charge in [-0.1, -0.05) is 43.7 Å². The molecule has 7 heteroatoms. The number of nitrogens with zero attached hydrogens (tertiary/aromatic N) is 2. The molecule has 0 saturated heterocycles. The number of unbranched alkanes of at least 4 members (excludes halogenated alkanes) is 1. The highest BCUT2D eigenvalue weighted by molar-refractivity contribution is 5.93. The van der Waals surface area contributed by atoms with Gasteiger partial charge in [0.2, 0.25) is 0 Å². The fraction of sp³-hybridized carbons (Fsp3) is 0.182. The van der Waals surface area contributed by atoms with Gasteiger partial charge in [0.05, 0.1) is 18.5 Å². The van der Waals surface area contributed by atoms with Crippen molar-refractivity contribution in [2.24, 2.45) is 5.10 Å². The van der Waals surface area contributed by atoms with Gasteiger partial charge < -0.3 is 9.72 Å². The van der Waals surface area contributed by atoms with Gasteiger partial charge in [-0.3, -0.25) is 4.79 Å². The van der Waals surface area contributed by atoms with Gasteiger partial charge >= 0.3 is 5.69 Å². The number of hydrogen-bond donors (Lipinski definition) is 2. The van der Waals surface area contributed by atoms with Crippen molar-refractivity contribution in [1.29, 1.82) is 0 Å². The molecule has 0 fully saturated rings. The Labute approximate surface area is 168 Å². The number of hydrazone groups is 1. The number of ether oxygens (including phenoxy) is 1. The number of H-pyrrole nitrogens is 1. The number of rotatable bonds is 8. The SMILES string of the molecule is CCCCOc1ccc(/C=N/NC(=O)c2cc(-c3ccccc3)nc(=O)[nH]2)cc1. The molecular formula is C22H22N4O3. The summed E-state index contributed by atoms with van der Waals surface area (Å²) in [5.41, 5.74) is 3.87. The van der Waals surface area contributed by atoms with Crippen LogP contribution in [-0.4, -0.2) is 28.7 Å². The monoisotopic (exact) mass is 390 g/mol. The number of nitrogens with one attached hydrogen (secondary N) is 2. The topological polar surface area (TPSA) is 96.4 Å². The summed E-state index contributed by atoms with van der Waals surface area (Å²) in [4.78, 5) is 30.5. The van der Waals surface area contributed by atoms with Gasteiger partial charge in [0, 0.05) is 5.56 Å². The lowest BCUT2D eigenvalue weighted by Gasteiger charge is -2.05. The summed E-state index contributed by atoms with van der Waals surface area (Å²) in [7, 11) is 0. The van der Waals surface area contributed by atoms with Crippen molar-refractivity contribution >= 4 is 12.1 Å². The highest BCUT2D eigenvalue weighted by Gasteiger charge is 2.09. The van der Waals surface area contributed by atoms with E-state index in [0.717, 1.165) is 29.7 Å². The Balaban J connectivity index is 1.63. The van der Waals surface area contributed by atoms with Crippen molar-refractivity contribution in [3.63, 3.8) is 0 Å². The average molecular weight is 390 g/mol. The second kappa shape index (κ2) is 9.98. The van der Waals surface area contributed by atoms with Crippen molar-refractivity contribution < 1.29 is 9.53 Å². The molecule has 0 bridgehead atoms. The van der Waals surface area contributed by atoms with Crippen molar-refractivity contribution in [3.8, 4) is 17.0 Å². The third-order valence-electron chi connectivity index (χ3n) is 4.09. The van der Waals surface area contributed by atoms with Crippen LogP contribution in [0.4, 0.5) is 0 Å². The van der Waals surface area contributed by atoms with Crippen molar-refractivity contribution in [2.75, 3.05) is 6.61 Å². The van der Waals surface area contributed by atoms with Crippen LogP contribution in [-0.2, 0) is 0 Å². The lowest BCUT2D eigenvalue weighted by molar-refractivity contribution is 0.0949. The number of benzene rings is 2. The van der Waals surface area contributed by atoms with E-state index in [4.69, 9.17) is 4.74 Å². The van der Waals surface area contributed by atoms with E-state index in [1.54, 1.807) is 0 Å². The molecule has 0 unspecified atom stereocenters. The molecular weight excluding hydrogens is 368 g/mol. The van der Waals surface area contributed by atoms with E-state index in [2.05, 4.69) is 27.4 Å². The highest BCUT2D eigenvalue weighted by Crippen LogP contribution is 2.15. The Bertz CT molecular complexity index is 1030. The van der Waals surface area contributed by atoms with E-state index < -0.39 is 11.6 Å². The average Bonchev–Trinajstić information content (AvgIpc) is 2.75. The molecule has 1 heterocycles. The molecule has 0 saturated carbocycles. The van der Waals surface area contributed by atoms with Crippen LogP contribution in [0.1, 0.15) is 35.8 Å². The minimum absolute atomic E-state index is 0.0840. The molecule has 1 aromatic heterocycles. The van der Waals surface area contributed by atoms with Gasteiger partial charge in [0.15, 0.2) is 0 Å². The summed E-state index contributed by atoms with van der Waals surface area (Å²) in [6, 6.07) is 18.1. The van der Waals surface area contributed by atoms with Crippen LogP contribution >= 0.6 is 0 Å². The van der Waals surface area contributed by atoms with Crippen LogP contribution in [0.3, 0.4) is 0 Å². The van der Waals surface area contributed by atoms with E-state index >= 15 is 0 Å². The molecule has 0 aliphatic heterocycles. The number of amides is 1. The summed E-state index contributed by atoms with van der Waals surface area (Å²) in [5, 5.41) is 3.95. The Morgan fingerprint density at radius 1 is 1.17 bits per heavy atom. The van der Waals surface area contributed by atoms with Crippen LogP contribution in [0.25, 0.3) is 11.3 Å². The summed E-state index contributed by atoms with van der Waals surface area (Å²) in [5.74, 6) is 0.264. The van der Waals surface area contributed by atoms with Crippen LogP contribution in [0, 0.1) is 0 Å². The molecule has 7 nitrogen and oxygen atoms in total. The molecule has 0 aliphatic carbocycles. The molecule has 0 aliphatic rings. The molecule has 3 rings (SSSR count). The van der Waals surface area contributed by atoms with Gasteiger partial charge in [-0.2, -0.15) is 10.1 Å². The Kier molecular flexibility index (Phi) is 6.89. The Morgan fingerprint density at radius 2 is 1.93 bits per heavy atom. The second-order valence-electron chi connectivity index (χ2n) is 6.32. The third kappa shape index (κ3) is 5.87. The largest absolute Gasteiger partial charge is 0.494 e. The standard InChI is InChI=1S/C22H22N4O3/c1-2-3-13-29-18-11-9-16(10-12-18)15-23-26-21(27)20-14-19(24-22(28)25-20)17-7-5-4-6-8-17/h4-12,14-15H,2-3,13H2,1H3,(H,26,27)(H,24,25,28)/b23-15+. The van der Waals surface area contributed by atoms with E-state index in [0.29, 0.717) is 12.3 Å². The predicted octanol–water partition coefficient (Wildman–Crippen LogP) is 3.38. The zero-order chi connectivity index (χ0) is 20.5. The first-order valence-electron chi connectivity index (χ1n) is 9.39. The smallest absolute Gasteiger partial charge is 0.346 e. The van der Waals surface area contributed by atoms with Crippen molar-refractivity contribution in [2.45, 2.75) is 19.8 Å². The summed E-state index contributed by atoms with van der Waals surface area (Å²) < 4.78 is 5.61. The zero-order valence-corrected chi connectivity index (χ0v) is 16.1. The van der Waals surface area contributed by atoms with E-state index in [1.165, 1.54) is 12.3 Å². The van der Waals surface area contributed by atoms with Crippen LogP contribution in [0.2, 0.25) is 0 Å². The molecule has 0 radical (unpaired) electrons. The molecule has 2 aromatic carbocycles. The molecule has 1 amide bonds. The number of aromatic amines is 1. The maximum Gasteiger partial charge on any atom is 0.346 e. The van der Waals surface area contributed by atoms with Gasteiger partial charge in [0.25, 0.3) is 5.91 Å². The lowest BCUT2D eigenvalue weighted by atomic mass is 10.1. The molecule has 0 atom stereocenters. The maximum atomic E-state index is 12.3. The lowest BCUT2D eigenvalue weighted by Crippen LogP contribution is -2.24. The first-order chi connectivity index (χ1) is 14.2. The first kappa shape index (κ1) is 20.0. The van der Waals surface area contributed by atoms with Crippen molar-refractivity contribution in [1.82, 2.24) is 15.4 Å². The number of aromatic nitrogens is 2. The predicted molar refractivity (Wildman–Crippen MR) is 112 cm³/mol. The summed E-state index contributed by atoms with van der Waals surface area (Å²) >= 11 is 0. The Morgan fingerprint density at radius 3 is 2.66 bits per heavy atom. The van der Waals surface area contributed by atoms with Gasteiger partial charge in [0.1, 0.15) is 11.4 Å². The molecule has 148 valence electrons. The first-order valence-corrected chi connectivity index (χ1v) is 9.39. The molecule has 2 N–H and O–H groups in total. The Hall–Kier alpha value is -3.74. The van der Waals surface area contributed by atoms with Gasteiger partial charge in [-0.05, 0) is 42.3 Å². The van der Waals surface area contributed by atoms with Crippen LogP contribution < -0.4 is 15.9 Å². The molecule has 29 heavy (non-hydrogen) atoms. The minimum atomic E-state index is -0.598. The van der Waals surface area contributed by atoms with Crippen molar-refractivity contribution in [3.05, 3.63) is 82.4 Å². The fourth-order valence-electron chi connectivity index (χ4n) is 2.55. The normalized spacial score (nSPS) is 10.8. The number of carbonyl (C=O) groups is 1. The van der Waals surface area contributed by atoms with E-state index in [9.17, 15) is 9.59 Å². The van der Waals surface area contributed by atoms with Crippen LogP contribution in [0.15, 0.2) is 70.6 Å². The summed E-state index contributed by atoms with van der Waals surface area (Å²) in [6.07, 6.45) is 3.61. The van der Waals surface area contributed by atoms with Gasteiger partial charge in [-0.25, -0.2) is 10.2 Å². The highest BCUT2D eigenvalue weighted by atomic mass is 16.5. The summed E-state index contributed by atoms with van der Waals surface area (Å²) in [6.45, 7) is 2.80. The number of hydrogen-bond acceptors (Lipinski definition) is 5. The third-order valence-corrected chi connectivity index (χ3v) is 4.09. The minimum Gasteiger partial charge on any atom is -0.494 e. The quantitative estimate of drug-likeness (QED) is 0.350. The number of carbonyl (C=O) groups excluding carboxylic acids is 1. The molecule has 0 spiro atoms. The van der Waals surface area contributed by atoms with Crippen LogP contribution in [0.5, 0.6) is 5.75 Å². The van der Waals surface area contributed by atoms with Gasteiger partial charge in [-0.15, -0.1) is 0 Å². The fourth-order valence-corrected chi connectivity index (χ4v) is 2.55.